The van der Waals surface area contributed by atoms with Gasteiger partial charge in [0.15, 0.2) is 0 Å². The van der Waals surface area contributed by atoms with E-state index in [0.717, 1.165) is 66.5 Å². The van der Waals surface area contributed by atoms with E-state index in [1.54, 1.807) is 18.2 Å². The van der Waals surface area contributed by atoms with Gasteiger partial charge in [-0.3, -0.25) is 13.9 Å². The van der Waals surface area contributed by atoms with E-state index in [4.69, 9.17) is 16.7 Å². The molecule has 0 bridgehead atoms. The molecule has 0 unspecified atom stereocenters. The maximum Gasteiger partial charge on any atom is 0.326 e. The lowest BCUT2D eigenvalue weighted by Gasteiger charge is -2.32. The third kappa shape index (κ3) is 6.38. The molecular weight excluding hydrogens is 530 g/mol. The maximum absolute atomic E-state index is 12.5. The highest BCUT2D eigenvalue weighted by molar-refractivity contribution is 6.31. The van der Waals surface area contributed by atoms with Crippen molar-refractivity contribution in [3.8, 4) is 0 Å². The molecule has 6 rings (SSSR count). The highest BCUT2D eigenvalue weighted by Gasteiger charge is 2.23. The third-order valence-corrected chi connectivity index (χ3v) is 7.57. The van der Waals surface area contributed by atoms with Crippen molar-refractivity contribution in [2.45, 2.75) is 38.3 Å². The SMILES string of the molecule is O=C(O)Cc1ccccc1.O=c1[nH]c2ccccc2n1CCCN1CCC(n2c(=O)[nH]c3cc(Cl)ccc32)CC1. The van der Waals surface area contributed by atoms with Crippen LogP contribution >= 0.6 is 11.6 Å². The van der Waals surface area contributed by atoms with Crippen LogP contribution in [0.3, 0.4) is 0 Å². The Bertz CT molecular complexity index is 1710. The molecule has 0 aliphatic carbocycles. The summed E-state index contributed by atoms with van der Waals surface area (Å²) in [5.41, 5.74) is 4.28. The van der Waals surface area contributed by atoms with Gasteiger partial charge < -0.3 is 20.0 Å². The van der Waals surface area contributed by atoms with E-state index in [0.29, 0.717) is 11.6 Å². The first-order chi connectivity index (χ1) is 19.4. The van der Waals surface area contributed by atoms with Crippen LogP contribution in [0.4, 0.5) is 0 Å². The lowest BCUT2D eigenvalue weighted by Crippen LogP contribution is -2.37. The number of aromatic amines is 2. The van der Waals surface area contributed by atoms with Gasteiger partial charge in [0.05, 0.1) is 28.5 Å². The first-order valence-corrected chi connectivity index (χ1v) is 13.8. The number of likely N-dealkylation sites (tertiary alicyclic amines) is 1. The van der Waals surface area contributed by atoms with Crippen molar-refractivity contribution in [3.05, 3.63) is 104 Å². The number of imidazole rings is 2. The molecule has 0 atom stereocenters. The number of hydrogen-bond acceptors (Lipinski definition) is 4. The van der Waals surface area contributed by atoms with Crippen LogP contribution in [0.1, 0.15) is 30.9 Å². The molecule has 0 radical (unpaired) electrons. The highest BCUT2D eigenvalue weighted by Crippen LogP contribution is 2.26. The molecule has 5 aromatic rings. The predicted octanol–water partition coefficient (Wildman–Crippen LogP) is 4.67. The molecule has 3 heterocycles. The Morgan fingerprint density at radius 2 is 1.55 bits per heavy atom. The Morgan fingerprint density at radius 3 is 2.30 bits per heavy atom. The number of carboxylic acid groups (broad SMARTS) is 1. The summed E-state index contributed by atoms with van der Waals surface area (Å²) in [5, 5.41) is 8.99. The summed E-state index contributed by atoms with van der Waals surface area (Å²) >= 11 is 6.05. The number of fused-ring (bicyclic) bond motifs is 2. The lowest BCUT2D eigenvalue weighted by atomic mass is 10.0. The predicted molar refractivity (Wildman–Crippen MR) is 157 cm³/mol. The summed E-state index contributed by atoms with van der Waals surface area (Å²) in [6.07, 6.45) is 2.89. The number of para-hydroxylation sites is 2. The minimum Gasteiger partial charge on any atom is -0.481 e. The molecule has 40 heavy (non-hydrogen) atoms. The van der Waals surface area contributed by atoms with Crippen LogP contribution in [0.2, 0.25) is 5.02 Å². The van der Waals surface area contributed by atoms with Gasteiger partial charge in [-0.2, -0.15) is 0 Å². The molecule has 10 heteroatoms. The molecule has 0 spiro atoms. The summed E-state index contributed by atoms with van der Waals surface area (Å²) in [6.45, 7) is 3.53. The van der Waals surface area contributed by atoms with Crippen LogP contribution in [0, 0.1) is 0 Å². The van der Waals surface area contributed by atoms with E-state index in [-0.39, 0.29) is 23.8 Å². The number of halogens is 1. The second kappa shape index (κ2) is 12.4. The number of piperidine rings is 1. The van der Waals surface area contributed by atoms with Crippen LogP contribution < -0.4 is 11.4 Å². The molecule has 1 saturated heterocycles. The van der Waals surface area contributed by atoms with E-state index in [1.807, 2.05) is 63.7 Å². The number of nitrogens with one attached hydrogen (secondary N) is 2. The van der Waals surface area contributed by atoms with Gasteiger partial charge in [-0.05, 0) is 61.7 Å². The Balaban J connectivity index is 0.000000274. The minimum absolute atomic E-state index is 0.0475. The second-order valence-electron chi connectivity index (χ2n) is 10.0. The second-order valence-corrected chi connectivity index (χ2v) is 10.5. The number of benzene rings is 3. The zero-order valence-corrected chi connectivity index (χ0v) is 22.8. The van der Waals surface area contributed by atoms with Gasteiger partial charge in [0.2, 0.25) is 0 Å². The van der Waals surface area contributed by atoms with Crippen molar-refractivity contribution in [1.29, 1.82) is 0 Å². The molecule has 1 aliphatic rings. The molecule has 3 aromatic carbocycles. The van der Waals surface area contributed by atoms with Crippen molar-refractivity contribution in [2.24, 2.45) is 0 Å². The van der Waals surface area contributed by atoms with E-state index in [2.05, 4.69) is 14.9 Å². The fraction of sp³-hybridized carbons (Fsp3) is 0.300. The van der Waals surface area contributed by atoms with Gasteiger partial charge in [0.25, 0.3) is 0 Å². The van der Waals surface area contributed by atoms with Crippen LogP contribution in [0.25, 0.3) is 22.1 Å². The molecule has 208 valence electrons. The van der Waals surface area contributed by atoms with Gasteiger partial charge in [0, 0.05) is 30.7 Å². The van der Waals surface area contributed by atoms with Gasteiger partial charge in [0.1, 0.15) is 0 Å². The monoisotopic (exact) mass is 561 g/mol. The third-order valence-electron chi connectivity index (χ3n) is 7.34. The molecule has 9 nitrogen and oxygen atoms in total. The van der Waals surface area contributed by atoms with Crippen LogP contribution in [0.5, 0.6) is 0 Å². The van der Waals surface area contributed by atoms with E-state index >= 15 is 0 Å². The van der Waals surface area contributed by atoms with Crippen LogP contribution in [0.15, 0.2) is 82.4 Å². The van der Waals surface area contributed by atoms with Gasteiger partial charge in [-0.25, -0.2) is 9.59 Å². The molecule has 1 fully saturated rings. The number of nitrogens with zero attached hydrogens (tertiary/aromatic N) is 3. The number of aromatic nitrogens is 4. The van der Waals surface area contributed by atoms with E-state index in [9.17, 15) is 14.4 Å². The number of carbonyl (C=O) groups is 1. The summed E-state index contributed by atoms with van der Waals surface area (Å²) in [4.78, 5) is 43.1. The number of H-pyrrole nitrogens is 2. The summed E-state index contributed by atoms with van der Waals surface area (Å²) < 4.78 is 3.70. The fourth-order valence-corrected chi connectivity index (χ4v) is 5.59. The molecule has 2 aromatic heterocycles. The Hall–Kier alpha value is -4.08. The van der Waals surface area contributed by atoms with Crippen molar-refractivity contribution >= 4 is 39.6 Å². The standard InChI is InChI=1S/C22H24ClN5O2.C8H8O2/c23-15-6-7-20-18(14-15)25-22(30)28(20)16-8-12-26(13-9-16)10-3-11-27-19-5-2-1-4-17(19)24-21(27)29;9-8(10)6-7-4-2-1-3-5-7/h1-2,4-7,14,16H,3,8-13H2,(H,24,29)(H,25,30);1-5H,6H2,(H,9,10). The number of hydrogen-bond donors (Lipinski definition) is 3. The summed E-state index contributed by atoms with van der Waals surface area (Å²) in [7, 11) is 0. The average Bonchev–Trinajstić information content (AvgIpc) is 3.44. The van der Waals surface area contributed by atoms with E-state index in [1.165, 1.54) is 0 Å². The maximum atomic E-state index is 12.5. The Kier molecular flexibility index (Phi) is 8.52. The van der Waals surface area contributed by atoms with Gasteiger partial charge in [-0.15, -0.1) is 0 Å². The van der Waals surface area contributed by atoms with Gasteiger partial charge >= 0.3 is 17.3 Å². The van der Waals surface area contributed by atoms with Crippen molar-refractivity contribution in [1.82, 2.24) is 24.0 Å². The number of rotatable bonds is 7. The first-order valence-electron chi connectivity index (χ1n) is 13.4. The smallest absolute Gasteiger partial charge is 0.326 e. The Morgan fingerprint density at radius 1 is 0.850 bits per heavy atom. The lowest BCUT2D eigenvalue weighted by molar-refractivity contribution is -0.136. The molecule has 0 amide bonds. The van der Waals surface area contributed by atoms with Crippen LogP contribution in [-0.4, -0.2) is 54.7 Å². The van der Waals surface area contributed by atoms with E-state index < -0.39 is 5.97 Å². The Labute approximate surface area is 235 Å². The van der Waals surface area contributed by atoms with Gasteiger partial charge in [-0.1, -0.05) is 54.1 Å². The van der Waals surface area contributed by atoms with Crippen LogP contribution in [-0.2, 0) is 17.8 Å². The van der Waals surface area contributed by atoms with Crippen molar-refractivity contribution in [2.75, 3.05) is 19.6 Å². The molecule has 3 N–H and O–H groups in total. The number of carboxylic acids is 1. The topological polar surface area (TPSA) is 116 Å². The molecule has 0 saturated carbocycles. The zero-order chi connectivity index (χ0) is 28.1. The molecule has 1 aliphatic heterocycles. The normalized spacial score (nSPS) is 14.3. The average molecular weight is 562 g/mol. The largest absolute Gasteiger partial charge is 0.481 e. The number of aryl methyl sites for hydroxylation is 1. The summed E-state index contributed by atoms with van der Waals surface area (Å²) in [6, 6.07) is 22.7. The fourth-order valence-electron chi connectivity index (χ4n) is 5.42. The van der Waals surface area contributed by atoms with Crippen molar-refractivity contribution < 1.29 is 9.90 Å². The highest BCUT2D eigenvalue weighted by atomic mass is 35.5. The number of aliphatic carboxylic acids is 1. The quantitative estimate of drug-likeness (QED) is 0.267. The summed E-state index contributed by atoms with van der Waals surface area (Å²) in [5.74, 6) is -0.786. The molecular formula is C30H32ClN5O4. The first kappa shape index (κ1) is 27.5. The minimum atomic E-state index is -0.786. The zero-order valence-electron chi connectivity index (χ0n) is 22.1. The van der Waals surface area contributed by atoms with Crippen molar-refractivity contribution in [3.63, 3.8) is 0 Å².